The molecule has 2 saturated heterocycles. The van der Waals surface area contributed by atoms with E-state index in [0.717, 1.165) is 50.4 Å². The van der Waals surface area contributed by atoms with Crippen LogP contribution in [0.2, 0.25) is 28.2 Å². The maximum atomic E-state index is 13.8. The summed E-state index contributed by atoms with van der Waals surface area (Å²) in [5.74, 6) is -0.427. The minimum atomic E-state index is -1.92. The van der Waals surface area contributed by atoms with Crippen LogP contribution in [-0.4, -0.2) is 32.6 Å². The Hall–Kier alpha value is -0.173. The van der Waals surface area contributed by atoms with E-state index in [1.54, 1.807) is 0 Å². The molecule has 1 aromatic carbocycles. The Balaban J connectivity index is 1.78. The normalized spacial score (nSPS) is 27.6. The topological polar surface area (TPSA) is 30.5 Å². The predicted octanol–water partition coefficient (Wildman–Crippen LogP) is 6.89. The van der Waals surface area contributed by atoms with E-state index in [9.17, 15) is 4.39 Å². The van der Waals surface area contributed by atoms with Crippen molar-refractivity contribution in [2.24, 2.45) is 0 Å². The Morgan fingerprint density at radius 2 is 1.66 bits per heavy atom. The summed E-state index contributed by atoms with van der Waals surface area (Å²) in [5, 5.41) is 4.25. The van der Waals surface area contributed by atoms with Crippen LogP contribution in [0, 0.1) is 5.82 Å². The van der Waals surface area contributed by atoms with Crippen molar-refractivity contribution in [3.63, 3.8) is 0 Å². The van der Waals surface area contributed by atoms with E-state index >= 15 is 0 Å². The molecule has 3 nitrogen and oxygen atoms in total. The molecule has 2 fully saturated rings. The molecule has 0 radical (unpaired) electrons. The molecule has 0 aromatic heterocycles. The molecule has 164 valence electrons. The van der Waals surface area contributed by atoms with Gasteiger partial charge in [0, 0.05) is 18.7 Å². The SMILES string of the molecule is CC[Si](CC)(CC)OC(CNCC12CCC(C)(CC1)O2)c1c(Cl)cc(F)cc1Cl. The van der Waals surface area contributed by atoms with Gasteiger partial charge in [-0.05, 0) is 62.9 Å². The van der Waals surface area contributed by atoms with E-state index in [1.807, 2.05) is 0 Å². The molecule has 0 aliphatic carbocycles. The molecule has 1 aromatic rings. The van der Waals surface area contributed by atoms with Crippen molar-refractivity contribution in [3.05, 3.63) is 33.6 Å². The summed E-state index contributed by atoms with van der Waals surface area (Å²) in [5.41, 5.74) is 0.677. The molecule has 7 heteroatoms. The lowest BCUT2D eigenvalue weighted by atomic mass is 9.83. The summed E-state index contributed by atoms with van der Waals surface area (Å²) < 4.78 is 26.9. The van der Waals surface area contributed by atoms with Crippen LogP contribution in [0.4, 0.5) is 4.39 Å². The highest BCUT2D eigenvalue weighted by atomic mass is 35.5. The Morgan fingerprint density at radius 1 is 1.10 bits per heavy atom. The summed E-state index contributed by atoms with van der Waals surface area (Å²) in [6.07, 6.45) is 4.14. The van der Waals surface area contributed by atoms with Crippen molar-refractivity contribution in [1.82, 2.24) is 5.32 Å². The molecule has 1 unspecified atom stereocenters. The largest absolute Gasteiger partial charge is 0.409 e. The van der Waals surface area contributed by atoms with E-state index in [1.165, 1.54) is 12.1 Å². The molecule has 3 rings (SSSR count). The second-order valence-corrected chi connectivity index (χ2v) is 14.5. The molecule has 0 spiro atoms. The van der Waals surface area contributed by atoms with Crippen LogP contribution in [0.1, 0.15) is 65.0 Å². The van der Waals surface area contributed by atoms with Gasteiger partial charge in [-0.25, -0.2) is 4.39 Å². The second-order valence-electron chi connectivity index (χ2n) is 9.00. The van der Waals surface area contributed by atoms with Gasteiger partial charge in [-0.3, -0.25) is 0 Å². The Morgan fingerprint density at radius 3 is 2.10 bits per heavy atom. The van der Waals surface area contributed by atoms with E-state index < -0.39 is 14.1 Å². The second kappa shape index (κ2) is 9.13. The van der Waals surface area contributed by atoms with Crippen LogP contribution in [0.25, 0.3) is 0 Å². The quantitative estimate of drug-likeness (QED) is 0.384. The fourth-order valence-electron chi connectivity index (χ4n) is 4.97. The average Bonchev–Trinajstić information content (AvgIpc) is 3.18. The molecule has 2 aliphatic heterocycles. The van der Waals surface area contributed by atoms with Gasteiger partial charge < -0.3 is 14.5 Å². The first-order valence-electron chi connectivity index (χ1n) is 10.9. The van der Waals surface area contributed by atoms with Crippen molar-refractivity contribution in [3.8, 4) is 0 Å². The highest BCUT2D eigenvalue weighted by molar-refractivity contribution is 6.73. The van der Waals surface area contributed by atoms with Gasteiger partial charge in [0.25, 0.3) is 0 Å². The zero-order valence-electron chi connectivity index (χ0n) is 18.0. The van der Waals surface area contributed by atoms with Crippen molar-refractivity contribution >= 4 is 31.5 Å². The first-order valence-corrected chi connectivity index (χ1v) is 14.2. The predicted molar refractivity (Wildman–Crippen MR) is 121 cm³/mol. The van der Waals surface area contributed by atoms with E-state index in [4.69, 9.17) is 32.4 Å². The Kier molecular flexibility index (Phi) is 7.40. The summed E-state index contributed by atoms with van der Waals surface area (Å²) in [7, 11) is -1.92. The number of benzene rings is 1. The highest BCUT2D eigenvalue weighted by Crippen LogP contribution is 2.50. The summed E-state index contributed by atoms with van der Waals surface area (Å²) in [4.78, 5) is 0. The third-order valence-corrected chi connectivity index (χ3v) is 12.4. The third-order valence-electron chi connectivity index (χ3n) is 7.15. The number of nitrogens with one attached hydrogen (secondary N) is 1. The number of hydrogen-bond acceptors (Lipinski definition) is 3. The first-order chi connectivity index (χ1) is 13.7. The fraction of sp³-hybridized carbons (Fsp3) is 0.727. The van der Waals surface area contributed by atoms with Gasteiger partial charge in [0.05, 0.1) is 27.4 Å². The van der Waals surface area contributed by atoms with Crippen molar-refractivity contribution in [2.45, 2.75) is 88.8 Å². The lowest BCUT2D eigenvalue weighted by molar-refractivity contribution is -0.0372. The van der Waals surface area contributed by atoms with Gasteiger partial charge in [-0.2, -0.15) is 0 Å². The average molecular weight is 463 g/mol. The number of hydrogen-bond donors (Lipinski definition) is 1. The zero-order valence-corrected chi connectivity index (χ0v) is 20.6. The summed E-state index contributed by atoms with van der Waals surface area (Å²) in [6, 6.07) is 5.73. The molecule has 1 atom stereocenters. The van der Waals surface area contributed by atoms with Gasteiger partial charge in [0.2, 0.25) is 0 Å². The lowest BCUT2D eigenvalue weighted by Crippen LogP contribution is -2.43. The smallest absolute Gasteiger partial charge is 0.192 e. The maximum Gasteiger partial charge on any atom is 0.192 e. The van der Waals surface area contributed by atoms with Gasteiger partial charge >= 0.3 is 0 Å². The number of ether oxygens (including phenoxy) is 1. The number of fused-ring (bicyclic) bond motifs is 2. The van der Waals surface area contributed by atoms with Crippen LogP contribution >= 0.6 is 23.2 Å². The molecule has 0 saturated carbocycles. The van der Waals surface area contributed by atoms with Crippen LogP contribution in [0.15, 0.2) is 12.1 Å². The summed E-state index contributed by atoms with van der Waals surface area (Å²) in [6.45, 7) is 10.2. The van der Waals surface area contributed by atoms with Crippen LogP contribution < -0.4 is 5.32 Å². The highest BCUT2D eigenvalue weighted by Gasteiger charge is 2.52. The van der Waals surface area contributed by atoms with Crippen molar-refractivity contribution in [2.75, 3.05) is 13.1 Å². The number of halogens is 3. The van der Waals surface area contributed by atoms with Gasteiger partial charge in [-0.15, -0.1) is 0 Å². The lowest BCUT2D eigenvalue weighted by Gasteiger charge is -2.35. The third kappa shape index (κ3) is 5.02. The first kappa shape index (κ1) is 23.5. The van der Waals surface area contributed by atoms with Crippen LogP contribution in [-0.2, 0) is 9.16 Å². The molecule has 2 aliphatic rings. The standard InChI is InChI=1S/C22H34Cl2FNO2Si/c1-5-29(6-2,7-3)27-19(20-17(23)12-16(25)13-18(20)24)14-26-15-22-10-8-21(4,28-22)9-11-22/h12-13,19,26H,5-11,14-15H2,1-4H3. The van der Waals surface area contributed by atoms with E-state index in [2.05, 4.69) is 33.0 Å². The molecule has 2 heterocycles. The maximum absolute atomic E-state index is 13.8. The minimum absolute atomic E-state index is 0.0514. The van der Waals surface area contributed by atoms with Gasteiger partial charge in [0.15, 0.2) is 8.32 Å². The molecule has 2 bridgehead atoms. The summed E-state index contributed by atoms with van der Waals surface area (Å²) >= 11 is 12.9. The van der Waals surface area contributed by atoms with Crippen LogP contribution in [0.3, 0.4) is 0 Å². The molecule has 1 N–H and O–H groups in total. The Bertz CT molecular complexity index is 689. The molecule has 29 heavy (non-hydrogen) atoms. The number of rotatable bonds is 10. The van der Waals surface area contributed by atoms with E-state index in [-0.39, 0.29) is 17.3 Å². The molecular weight excluding hydrogens is 428 g/mol. The van der Waals surface area contributed by atoms with Gasteiger partial charge in [-0.1, -0.05) is 44.0 Å². The van der Waals surface area contributed by atoms with Crippen LogP contribution in [0.5, 0.6) is 0 Å². The molecule has 0 amide bonds. The van der Waals surface area contributed by atoms with Crippen molar-refractivity contribution in [1.29, 1.82) is 0 Å². The Labute approximate surface area is 185 Å². The van der Waals surface area contributed by atoms with Gasteiger partial charge in [0.1, 0.15) is 5.82 Å². The van der Waals surface area contributed by atoms with Crippen molar-refractivity contribution < 1.29 is 13.6 Å². The van der Waals surface area contributed by atoms with E-state index in [0.29, 0.717) is 22.2 Å². The fourth-order valence-corrected chi connectivity index (χ4v) is 8.48. The molecular formula is C22H34Cl2FNO2Si. The zero-order chi connectivity index (χ0) is 21.3. The minimum Gasteiger partial charge on any atom is -0.409 e. The monoisotopic (exact) mass is 461 g/mol.